The van der Waals surface area contributed by atoms with Crippen LogP contribution in [0.4, 0.5) is 0 Å². The predicted molar refractivity (Wildman–Crippen MR) is 92.9 cm³/mol. The highest BCUT2D eigenvalue weighted by Crippen LogP contribution is 2.31. The first-order chi connectivity index (χ1) is 12.0. The first-order valence-electron chi connectivity index (χ1n) is 8.76. The number of carboxylic acid groups (broad SMARTS) is 1. The number of piperidine rings is 2. The molecule has 25 heavy (non-hydrogen) atoms. The van der Waals surface area contributed by atoms with Crippen LogP contribution in [-0.4, -0.2) is 32.3 Å². The lowest BCUT2D eigenvalue weighted by Crippen LogP contribution is -2.53. The number of rotatable bonds is 3. The minimum Gasteiger partial charge on any atom is -0.480 e. The van der Waals surface area contributed by atoms with E-state index in [0.29, 0.717) is 23.0 Å². The van der Waals surface area contributed by atoms with Gasteiger partial charge in [-0.1, -0.05) is 18.6 Å². The summed E-state index contributed by atoms with van der Waals surface area (Å²) >= 11 is 0. The number of benzene rings is 1. The second kappa shape index (κ2) is 6.15. The number of hydrogen-bond donors (Lipinski definition) is 2. The molecule has 2 bridgehead atoms. The van der Waals surface area contributed by atoms with E-state index < -0.39 is 18.2 Å². The summed E-state index contributed by atoms with van der Waals surface area (Å²) in [4.78, 5) is 37.2. The Morgan fingerprint density at radius 3 is 2.52 bits per heavy atom. The van der Waals surface area contributed by atoms with Gasteiger partial charge < -0.3 is 10.4 Å². The molecule has 2 aliphatic heterocycles. The molecule has 7 nitrogen and oxygen atoms in total. The molecule has 2 unspecified atom stereocenters. The number of aromatic nitrogens is 2. The summed E-state index contributed by atoms with van der Waals surface area (Å²) in [5, 5.41) is 13.1. The van der Waals surface area contributed by atoms with E-state index in [1.165, 1.54) is 15.6 Å². The molecule has 0 radical (unpaired) electrons. The van der Waals surface area contributed by atoms with Gasteiger partial charge in [0, 0.05) is 18.1 Å². The van der Waals surface area contributed by atoms with Gasteiger partial charge in [-0.15, -0.1) is 0 Å². The summed E-state index contributed by atoms with van der Waals surface area (Å²) in [7, 11) is 0. The summed E-state index contributed by atoms with van der Waals surface area (Å²) in [5.74, 6) is -1.10. The summed E-state index contributed by atoms with van der Waals surface area (Å²) in [5.41, 5.74) is -0.450. The highest BCUT2D eigenvalue weighted by atomic mass is 16.4. The molecule has 3 heterocycles. The Hall–Kier alpha value is -2.41. The average Bonchev–Trinajstić information content (AvgIpc) is 2.58. The van der Waals surface area contributed by atoms with E-state index in [1.807, 2.05) is 0 Å². The first-order valence-corrected chi connectivity index (χ1v) is 8.76. The lowest BCUT2D eigenvalue weighted by atomic mass is 9.84. The Bertz CT molecular complexity index is 933. The van der Waals surface area contributed by atoms with Crippen LogP contribution in [0.15, 0.2) is 33.9 Å². The zero-order valence-electron chi connectivity index (χ0n) is 13.9. The van der Waals surface area contributed by atoms with Gasteiger partial charge in [0.25, 0.3) is 5.56 Å². The molecule has 2 fully saturated rings. The number of fused-ring (bicyclic) bond motifs is 3. The number of hydrogen-bond acceptors (Lipinski definition) is 4. The third kappa shape index (κ3) is 2.78. The van der Waals surface area contributed by atoms with Gasteiger partial charge in [0.2, 0.25) is 0 Å². The Morgan fingerprint density at radius 2 is 1.84 bits per heavy atom. The summed E-state index contributed by atoms with van der Waals surface area (Å²) in [6.07, 6.45) is 4.75. The fourth-order valence-electron chi connectivity index (χ4n) is 4.40. The number of carbonyl (C=O) groups is 1. The number of nitrogens with one attached hydrogen (secondary N) is 1. The highest BCUT2D eigenvalue weighted by Gasteiger charge is 2.34. The lowest BCUT2D eigenvalue weighted by Gasteiger charge is -2.40. The van der Waals surface area contributed by atoms with Crippen LogP contribution in [0.3, 0.4) is 0 Å². The molecule has 2 saturated heterocycles. The number of nitrogens with zero attached hydrogens (tertiary/aromatic N) is 2. The van der Waals surface area contributed by atoms with Crippen molar-refractivity contribution in [2.24, 2.45) is 0 Å². The molecule has 4 rings (SSSR count). The van der Waals surface area contributed by atoms with Crippen LogP contribution in [0.25, 0.3) is 10.9 Å². The van der Waals surface area contributed by atoms with Gasteiger partial charge in [-0.05, 0) is 37.8 Å². The molecule has 0 spiro atoms. The minimum absolute atomic E-state index is 0.179. The van der Waals surface area contributed by atoms with Crippen LogP contribution in [0.5, 0.6) is 0 Å². The SMILES string of the molecule is O=C(O)Cn1c(=O)n(C2CC3CCCC(C2)N3)c(=O)c2ccccc21. The van der Waals surface area contributed by atoms with Crippen molar-refractivity contribution < 1.29 is 9.90 Å². The molecule has 7 heteroatoms. The van der Waals surface area contributed by atoms with Gasteiger partial charge >= 0.3 is 11.7 Å². The van der Waals surface area contributed by atoms with Crippen LogP contribution in [0.1, 0.15) is 38.1 Å². The maximum Gasteiger partial charge on any atom is 0.332 e. The maximum absolute atomic E-state index is 13.0. The van der Waals surface area contributed by atoms with Gasteiger partial charge in [0.05, 0.1) is 10.9 Å². The van der Waals surface area contributed by atoms with Crippen LogP contribution >= 0.6 is 0 Å². The van der Waals surface area contributed by atoms with E-state index in [9.17, 15) is 19.5 Å². The first kappa shape index (κ1) is 16.1. The molecule has 2 N–H and O–H groups in total. The van der Waals surface area contributed by atoms with Crippen molar-refractivity contribution in [1.82, 2.24) is 14.5 Å². The molecular weight excluding hydrogens is 322 g/mol. The molecule has 2 aliphatic rings. The smallest absolute Gasteiger partial charge is 0.332 e. The summed E-state index contributed by atoms with van der Waals surface area (Å²) in [6.45, 7) is -0.447. The van der Waals surface area contributed by atoms with E-state index in [1.54, 1.807) is 24.3 Å². The van der Waals surface area contributed by atoms with E-state index in [0.717, 1.165) is 25.7 Å². The van der Waals surface area contributed by atoms with Gasteiger partial charge in [-0.2, -0.15) is 0 Å². The van der Waals surface area contributed by atoms with Crippen LogP contribution in [0.2, 0.25) is 0 Å². The molecule has 0 amide bonds. The van der Waals surface area contributed by atoms with Gasteiger partial charge in [0.1, 0.15) is 6.54 Å². The zero-order valence-corrected chi connectivity index (χ0v) is 13.9. The number of aliphatic carboxylic acids is 1. The summed E-state index contributed by atoms with van der Waals surface area (Å²) in [6, 6.07) is 7.20. The quantitative estimate of drug-likeness (QED) is 0.870. The molecule has 0 saturated carbocycles. The van der Waals surface area contributed by atoms with Crippen molar-refractivity contribution in [3.63, 3.8) is 0 Å². The van der Waals surface area contributed by atoms with Gasteiger partial charge in [-0.25, -0.2) is 4.79 Å². The molecule has 132 valence electrons. The van der Waals surface area contributed by atoms with E-state index >= 15 is 0 Å². The Kier molecular flexibility index (Phi) is 3.95. The molecular formula is C18H21N3O4. The monoisotopic (exact) mass is 343 g/mol. The van der Waals surface area contributed by atoms with Crippen molar-refractivity contribution in [2.75, 3.05) is 0 Å². The average molecular weight is 343 g/mol. The molecule has 1 aromatic carbocycles. The van der Waals surface area contributed by atoms with Gasteiger partial charge in [-0.3, -0.25) is 18.7 Å². The number of carboxylic acids is 1. The topological polar surface area (TPSA) is 93.3 Å². The van der Waals surface area contributed by atoms with Crippen LogP contribution in [-0.2, 0) is 11.3 Å². The summed E-state index contributed by atoms with van der Waals surface area (Å²) < 4.78 is 2.51. The van der Waals surface area contributed by atoms with E-state index in [4.69, 9.17) is 0 Å². The van der Waals surface area contributed by atoms with Crippen molar-refractivity contribution in [3.8, 4) is 0 Å². The third-order valence-electron chi connectivity index (χ3n) is 5.43. The molecule has 0 aliphatic carbocycles. The third-order valence-corrected chi connectivity index (χ3v) is 5.43. The van der Waals surface area contributed by atoms with Crippen molar-refractivity contribution in [1.29, 1.82) is 0 Å². The van der Waals surface area contributed by atoms with Crippen LogP contribution in [0, 0.1) is 0 Å². The standard InChI is InChI=1S/C18H21N3O4/c22-16(23)10-20-15-7-2-1-6-14(15)17(24)21(18(20)25)13-8-11-4-3-5-12(9-13)19-11/h1-2,6-7,11-13,19H,3-5,8-10H2,(H,22,23). The fraction of sp³-hybridized carbons (Fsp3) is 0.500. The van der Waals surface area contributed by atoms with Crippen LogP contribution < -0.4 is 16.6 Å². The predicted octanol–water partition coefficient (Wildman–Crippen LogP) is 1.09. The van der Waals surface area contributed by atoms with E-state index in [-0.39, 0.29) is 11.6 Å². The lowest BCUT2D eigenvalue weighted by molar-refractivity contribution is -0.137. The normalized spacial score (nSPS) is 25.8. The zero-order chi connectivity index (χ0) is 17.6. The Balaban J connectivity index is 1.90. The molecule has 2 atom stereocenters. The number of para-hydroxylation sites is 1. The van der Waals surface area contributed by atoms with Crippen molar-refractivity contribution in [2.45, 2.75) is 56.8 Å². The van der Waals surface area contributed by atoms with Crippen molar-refractivity contribution in [3.05, 3.63) is 45.1 Å². The minimum atomic E-state index is -1.10. The van der Waals surface area contributed by atoms with E-state index in [2.05, 4.69) is 5.32 Å². The Morgan fingerprint density at radius 1 is 1.16 bits per heavy atom. The molecule has 2 aromatic rings. The highest BCUT2D eigenvalue weighted by molar-refractivity contribution is 5.79. The Labute approximate surface area is 143 Å². The second-order valence-corrected chi connectivity index (χ2v) is 7.07. The van der Waals surface area contributed by atoms with Gasteiger partial charge in [0.15, 0.2) is 0 Å². The maximum atomic E-state index is 13.0. The largest absolute Gasteiger partial charge is 0.480 e. The second-order valence-electron chi connectivity index (χ2n) is 7.07. The molecule has 1 aromatic heterocycles. The fourth-order valence-corrected chi connectivity index (χ4v) is 4.40. The van der Waals surface area contributed by atoms with Crippen molar-refractivity contribution >= 4 is 16.9 Å².